The Morgan fingerprint density at radius 3 is 2.27 bits per heavy atom. The Morgan fingerprint density at radius 2 is 1.55 bits per heavy atom. The monoisotopic (exact) mass is 306 g/mol. The molecular weight excluding hydrogens is 268 g/mol. The SMILES string of the molecule is CCCCC1CCCCCCCC(CCC)C2=C1OCCC2. The highest BCUT2D eigenvalue weighted by molar-refractivity contribution is 5.17. The molecule has 128 valence electrons. The van der Waals surface area contributed by atoms with Crippen molar-refractivity contribution in [1.82, 2.24) is 0 Å². The molecule has 2 atom stereocenters. The zero-order valence-electron chi connectivity index (χ0n) is 15.2. The molecule has 22 heavy (non-hydrogen) atoms. The molecule has 0 aromatic heterocycles. The van der Waals surface area contributed by atoms with E-state index in [1.165, 1.54) is 95.7 Å². The van der Waals surface area contributed by atoms with Crippen LogP contribution in [0.1, 0.15) is 104 Å². The van der Waals surface area contributed by atoms with E-state index in [1.807, 2.05) is 0 Å². The van der Waals surface area contributed by atoms with Crippen LogP contribution in [0.3, 0.4) is 0 Å². The Kier molecular flexibility index (Phi) is 8.41. The van der Waals surface area contributed by atoms with Crippen LogP contribution in [0.15, 0.2) is 11.3 Å². The summed E-state index contributed by atoms with van der Waals surface area (Å²) in [4.78, 5) is 0. The van der Waals surface area contributed by atoms with Crippen LogP contribution in [-0.4, -0.2) is 6.61 Å². The Labute approximate surface area is 138 Å². The highest BCUT2D eigenvalue weighted by atomic mass is 16.5. The third-order valence-electron chi connectivity index (χ3n) is 5.68. The van der Waals surface area contributed by atoms with E-state index in [4.69, 9.17) is 4.74 Å². The number of unbranched alkanes of at least 4 members (excludes halogenated alkanes) is 1. The minimum Gasteiger partial charge on any atom is -0.498 e. The Hall–Kier alpha value is -0.460. The molecule has 2 unspecified atom stereocenters. The number of allylic oxidation sites excluding steroid dienone is 2. The van der Waals surface area contributed by atoms with Crippen molar-refractivity contribution in [3.8, 4) is 0 Å². The molecule has 0 saturated carbocycles. The normalized spacial score (nSPS) is 27.7. The van der Waals surface area contributed by atoms with E-state index in [9.17, 15) is 0 Å². The smallest absolute Gasteiger partial charge is 0.0985 e. The van der Waals surface area contributed by atoms with Crippen molar-refractivity contribution in [1.29, 1.82) is 0 Å². The van der Waals surface area contributed by atoms with Crippen LogP contribution < -0.4 is 0 Å². The van der Waals surface area contributed by atoms with Crippen molar-refractivity contribution >= 4 is 0 Å². The van der Waals surface area contributed by atoms with Gasteiger partial charge in [0, 0.05) is 5.92 Å². The lowest BCUT2D eigenvalue weighted by atomic mass is 9.81. The molecule has 1 aliphatic heterocycles. The predicted molar refractivity (Wildman–Crippen MR) is 95.9 cm³/mol. The fourth-order valence-corrected chi connectivity index (χ4v) is 4.46. The van der Waals surface area contributed by atoms with Gasteiger partial charge in [0.2, 0.25) is 0 Å². The van der Waals surface area contributed by atoms with Crippen molar-refractivity contribution in [3.05, 3.63) is 11.3 Å². The third kappa shape index (κ3) is 5.32. The van der Waals surface area contributed by atoms with Gasteiger partial charge in [-0.15, -0.1) is 0 Å². The van der Waals surface area contributed by atoms with Crippen LogP contribution in [0.4, 0.5) is 0 Å². The van der Waals surface area contributed by atoms with E-state index < -0.39 is 0 Å². The molecule has 1 heteroatoms. The molecule has 0 N–H and O–H groups in total. The van der Waals surface area contributed by atoms with Gasteiger partial charge in [-0.3, -0.25) is 0 Å². The summed E-state index contributed by atoms with van der Waals surface area (Å²) < 4.78 is 6.32. The van der Waals surface area contributed by atoms with Gasteiger partial charge in [0.15, 0.2) is 0 Å². The Balaban J connectivity index is 2.21. The minimum absolute atomic E-state index is 0.729. The van der Waals surface area contributed by atoms with Crippen LogP contribution in [0.5, 0.6) is 0 Å². The van der Waals surface area contributed by atoms with Gasteiger partial charge >= 0.3 is 0 Å². The third-order valence-corrected chi connectivity index (χ3v) is 5.68. The Morgan fingerprint density at radius 1 is 0.818 bits per heavy atom. The van der Waals surface area contributed by atoms with Gasteiger partial charge in [0.05, 0.1) is 12.4 Å². The second-order valence-electron chi connectivity index (χ2n) is 7.51. The fraction of sp³-hybridized carbons (Fsp3) is 0.905. The summed E-state index contributed by atoms with van der Waals surface area (Å²) in [5, 5.41) is 0. The first-order valence-electron chi connectivity index (χ1n) is 10.2. The zero-order valence-corrected chi connectivity index (χ0v) is 15.2. The van der Waals surface area contributed by atoms with Crippen LogP contribution in [0.25, 0.3) is 0 Å². The number of hydrogen-bond acceptors (Lipinski definition) is 1. The molecule has 2 rings (SSSR count). The van der Waals surface area contributed by atoms with Crippen LogP contribution in [0.2, 0.25) is 0 Å². The van der Waals surface area contributed by atoms with Gasteiger partial charge in [0.1, 0.15) is 0 Å². The first-order valence-corrected chi connectivity index (χ1v) is 10.2. The summed E-state index contributed by atoms with van der Waals surface area (Å²) in [6.07, 6.45) is 19.3. The second-order valence-corrected chi connectivity index (χ2v) is 7.51. The van der Waals surface area contributed by atoms with Gasteiger partial charge in [-0.2, -0.15) is 0 Å². The van der Waals surface area contributed by atoms with Crippen molar-refractivity contribution in [2.75, 3.05) is 6.61 Å². The van der Waals surface area contributed by atoms with Gasteiger partial charge in [-0.05, 0) is 50.0 Å². The van der Waals surface area contributed by atoms with E-state index in [-0.39, 0.29) is 0 Å². The van der Waals surface area contributed by atoms with Gasteiger partial charge in [0.25, 0.3) is 0 Å². The molecule has 1 heterocycles. The first kappa shape index (κ1) is 17.9. The quantitative estimate of drug-likeness (QED) is 0.530. The van der Waals surface area contributed by atoms with Crippen LogP contribution in [0, 0.1) is 11.8 Å². The molecule has 0 fully saturated rings. The molecule has 0 aromatic carbocycles. The van der Waals surface area contributed by atoms with Gasteiger partial charge < -0.3 is 4.74 Å². The molecule has 1 nitrogen and oxygen atoms in total. The maximum absolute atomic E-state index is 6.32. The summed E-state index contributed by atoms with van der Waals surface area (Å²) in [6, 6.07) is 0. The van der Waals surface area contributed by atoms with Crippen molar-refractivity contribution in [2.24, 2.45) is 11.8 Å². The molecule has 0 bridgehead atoms. The van der Waals surface area contributed by atoms with Crippen molar-refractivity contribution in [2.45, 2.75) is 104 Å². The van der Waals surface area contributed by atoms with E-state index in [0.29, 0.717) is 0 Å². The van der Waals surface area contributed by atoms with E-state index >= 15 is 0 Å². The highest BCUT2D eigenvalue weighted by Crippen LogP contribution is 2.39. The summed E-state index contributed by atoms with van der Waals surface area (Å²) in [5.74, 6) is 3.02. The summed E-state index contributed by atoms with van der Waals surface area (Å²) in [7, 11) is 0. The van der Waals surface area contributed by atoms with Gasteiger partial charge in [-0.25, -0.2) is 0 Å². The van der Waals surface area contributed by atoms with E-state index in [0.717, 1.165) is 18.4 Å². The van der Waals surface area contributed by atoms with E-state index in [1.54, 1.807) is 5.57 Å². The largest absolute Gasteiger partial charge is 0.498 e. The standard InChI is InChI=1S/C21H38O/c1-3-5-13-19-15-10-8-6-7-9-14-18(12-4-2)20-16-11-17-22-21(19)20/h18-19H,3-17H2,1-2H3. The van der Waals surface area contributed by atoms with Crippen LogP contribution in [-0.2, 0) is 4.74 Å². The fourth-order valence-electron chi connectivity index (χ4n) is 4.46. The molecule has 0 radical (unpaired) electrons. The van der Waals surface area contributed by atoms with Crippen molar-refractivity contribution in [3.63, 3.8) is 0 Å². The molecule has 0 saturated heterocycles. The molecule has 0 amide bonds. The highest BCUT2D eigenvalue weighted by Gasteiger charge is 2.27. The molecular formula is C21H38O. The summed E-state index contributed by atoms with van der Waals surface area (Å²) in [5.41, 5.74) is 1.75. The second kappa shape index (κ2) is 10.3. The molecule has 0 spiro atoms. The zero-order chi connectivity index (χ0) is 15.6. The van der Waals surface area contributed by atoms with Crippen molar-refractivity contribution < 1.29 is 4.74 Å². The summed E-state index contributed by atoms with van der Waals surface area (Å²) >= 11 is 0. The minimum atomic E-state index is 0.729. The lowest BCUT2D eigenvalue weighted by Gasteiger charge is -2.32. The summed E-state index contributed by atoms with van der Waals surface area (Å²) in [6.45, 7) is 5.64. The average Bonchev–Trinajstić information content (AvgIpc) is 2.58. The lowest BCUT2D eigenvalue weighted by Crippen LogP contribution is -2.20. The van der Waals surface area contributed by atoms with Crippen LogP contribution >= 0.6 is 0 Å². The number of rotatable bonds is 5. The first-order chi connectivity index (χ1) is 10.9. The lowest BCUT2D eigenvalue weighted by molar-refractivity contribution is 0.138. The molecule has 1 aliphatic carbocycles. The average molecular weight is 307 g/mol. The number of hydrogen-bond donors (Lipinski definition) is 0. The topological polar surface area (TPSA) is 9.23 Å². The maximum Gasteiger partial charge on any atom is 0.0985 e. The van der Waals surface area contributed by atoms with E-state index in [2.05, 4.69) is 13.8 Å². The molecule has 0 aromatic rings. The predicted octanol–water partition coefficient (Wildman–Crippen LogP) is 7.02. The van der Waals surface area contributed by atoms with Gasteiger partial charge in [-0.1, -0.05) is 65.2 Å². The number of ether oxygens (including phenoxy) is 1. The Bertz CT molecular complexity index is 331. The molecule has 2 aliphatic rings. The maximum atomic E-state index is 6.32.